The third-order valence-electron chi connectivity index (χ3n) is 3.36. The molecule has 1 amide bonds. The number of amides is 1. The van der Waals surface area contributed by atoms with E-state index in [9.17, 15) is 22.4 Å². The highest BCUT2D eigenvalue weighted by Gasteiger charge is 2.33. The SMILES string of the molecule is O=C(NCCOCC(F)(F)F)C1CNNC1c1ccc(F)cc1. The average Bonchev–Trinajstić information content (AvgIpc) is 2.96. The number of benzene rings is 1. The van der Waals surface area contributed by atoms with Crippen molar-refractivity contribution in [3.8, 4) is 0 Å². The van der Waals surface area contributed by atoms with E-state index in [1.54, 1.807) is 12.1 Å². The van der Waals surface area contributed by atoms with E-state index in [4.69, 9.17) is 0 Å². The van der Waals surface area contributed by atoms with Crippen LogP contribution in [-0.2, 0) is 9.53 Å². The van der Waals surface area contributed by atoms with Crippen LogP contribution in [0.4, 0.5) is 17.6 Å². The summed E-state index contributed by atoms with van der Waals surface area (Å²) >= 11 is 0. The number of hydrazine groups is 1. The molecular formula is C14H17F4N3O2. The number of carbonyl (C=O) groups is 1. The Bertz CT molecular complexity index is 522. The number of alkyl halides is 3. The minimum absolute atomic E-state index is 0.0124. The van der Waals surface area contributed by atoms with Crippen LogP contribution >= 0.6 is 0 Å². The van der Waals surface area contributed by atoms with Crippen LogP contribution in [0.15, 0.2) is 24.3 Å². The minimum Gasteiger partial charge on any atom is -0.370 e. The molecule has 0 spiro atoms. The summed E-state index contributed by atoms with van der Waals surface area (Å²) in [4.78, 5) is 12.1. The van der Waals surface area contributed by atoms with Gasteiger partial charge < -0.3 is 10.1 Å². The Morgan fingerprint density at radius 2 is 2.00 bits per heavy atom. The summed E-state index contributed by atoms with van der Waals surface area (Å²) in [6, 6.07) is 5.41. The van der Waals surface area contributed by atoms with Crippen molar-refractivity contribution < 1.29 is 27.1 Å². The van der Waals surface area contributed by atoms with Crippen molar-refractivity contribution in [3.05, 3.63) is 35.6 Å². The molecule has 2 rings (SSSR count). The molecule has 0 aliphatic carbocycles. The summed E-state index contributed by atoms with van der Waals surface area (Å²) < 4.78 is 53.1. The third kappa shape index (κ3) is 5.45. The third-order valence-corrected chi connectivity index (χ3v) is 3.36. The molecule has 1 saturated heterocycles. The molecule has 1 aliphatic rings. The zero-order valence-corrected chi connectivity index (χ0v) is 12.1. The average molecular weight is 335 g/mol. The lowest BCUT2D eigenvalue weighted by atomic mass is 9.94. The van der Waals surface area contributed by atoms with Gasteiger partial charge in [0.2, 0.25) is 5.91 Å². The Kier molecular flexibility index (Phi) is 5.91. The molecule has 1 aromatic carbocycles. The van der Waals surface area contributed by atoms with Crippen molar-refractivity contribution in [1.29, 1.82) is 0 Å². The van der Waals surface area contributed by atoms with Gasteiger partial charge in [0.1, 0.15) is 12.4 Å². The van der Waals surface area contributed by atoms with Crippen molar-refractivity contribution in [1.82, 2.24) is 16.2 Å². The zero-order valence-electron chi connectivity index (χ0n) is 12.1. The first-order valence-electron chi connectivity index (χ1n) is 7.03. The van der Waals surface area contributed by atoms with E-state index in [0.717, 1.165) is 5.56 Å². The number of hydrogen-bond acceptors (Lipinski definition) is 4. The van der Waals surface area contributed by atoms with Gasteiger partial charge >= 0.3 is 6.18 Å². The van der Waals surface area contributed by atoms with Gasteiger partial charge in [-0.05, 0) is 17.7 Å². The number of ether oxygens (including phenoxy) is 1. The summed E-state index contributed by atoms with van der Waals surface area (Å²) in [6.07, 6.45) is -4.38. The maximum Gasteiger partial charge on any atom is 0.411 e. The molecule has 1 aliphatic heterocycles. The van der Waals surface area contributed by atoms with Crippen LogP contribution < -0.4 is 16.2 Å². The highest BCUT2D eigenvalue weighted by molar-refractivity contribution is 5.80. The standard InChI is InChI=1S/C14H17F4N3O2/c15-10-3-1-9(2-4-10)12-11(7-20-21-12)13(22)19-5-6-23-8-14(16,17)18/h1-4,11-12,20-21H,5-8H2,(H,19,22). The maximum atomic E-state index is 12.9. The molecule has 0 bridgehead atoms. The van der Waals surface area contributed by atoms with Crippen LogP contribution in [0.2, 0.25) is 0 Å². The second kappa shape index (κ2) is 7.71. The molecular weight excluding hydrogens is 318 g/mol. The van der Waals surface area contributed by atoms with Gasteiger partial charge in [-0.15, -0.1) is 0 Å². The second-order valence-corrected chi connectivity index (χ2v) is 5.12. The fourth-order valence-electron chi connectivity index (χ4n) is 2.29. The Morgan fingerprint density at radius 3 is 2.65 bits per heavy atom. The van der Waals surface area contributed by atoms with E-state index in [-0.39, 0.29) is 30.9 Å². The molecule has 2 unspecified atom stereocenters. The molecule has 23 heavy (non-hydrogen) atoms. The first-order chi connectivity index (χ1) is 10.9. The van der Waals surface area contributed by atoms with E-state index in [1.807, 2.05) is 0 Å². The topological polar surface area (TPSA) is 62.4 Å². The molecule has 9 heteroatoms. The quantitative estimate of drug-likeness (QED) is 0.541. The van der Waals surface area contributed by atoms with Crippen molar-refractivity contribution in [3.63, 3.8) is 0 Å². The lowest BCUT2D eigenvalue weighted by Crippen LogP contribution is -2.37. The molecule has 128 valence electrons. The number of halogens is 4. The van der Waals surface area contributed by atoms with Crippen molar-refractivity contribution in [2.75, 3.05) is 26.3 Å². The molecule has 1 heterocycles. The van der Waals surface area contributed by atoms with E-state index >= 15 is 0 Å². The summed E-state index contributed by atoms with van der Waals surface area (Å²) in [6.45, 7) is -1.22. The number of hydrogen-bond donors (Lipinski definition) is 3. The minimum atomic E-state index is -4.38. The predicted octanol–water partition coefficient (Wildman–Crippen LogP) is 1.29. The smallest absolute Gasteiger partial charge is 0.370 e. The van der Waals surface area contributed by atoms with Crippen molar-refractivity contribution >= 4 is 5.91 Å². The van der Waals surface area contributed by atoms with Gasteiger partial charge in [0.25, 0.3) is 0 Å². The number of nitrogens with one attached hydrogen (secondary N) is 3. The van der Waals surface area contributed by atoms with E-state index < -0.39 is 18.7 Å². The van der Waals surface area contributed by atoms with Gasteiger partial charge in [0.05, 0.1) is 18.6 Å². The fourth-order valence-corrected chi connectivity index (χ4v) is 2.29. The van der Waals surface area contributed by atoms with Gasteiger partial charge in [0, 0.05) is 13.1 Å². The van der Waals surface area contributed by atoms with Crippen LogP contribution in [-0.4, -0.2) is 38.4 Å². The number of carbonyl (C=O) groups excluding carboxylic acids is 1. The van der Waals surface area contributed by atoms with E-state index in [1.165, 1.54) is 12.1 Å². The fraction of sp³-hybridized carbons (Fsp3) is 0.500. The van der Waals surface area contributed by atoms with Crippen LogP contribution in [0, 0.1) is 11.7 Å². The normalized spacial score (nSPS) is 21.4. The Morgan fingerprint density at radius 1 is 1.30 bits per heavy atom. The van der Waals surface area contributed by atoms with Crippen LogP contribution in [0.25, 0.3) is 0 Å². The van der Waals surface area contributed by atoms with E-state index in [0.29, 0.717) is 6.54 Å². The molecule has 0 saturated carbocycles. The molecule has 3 N–H and O–H groups in total. The van der Waals surface area contributed by atoms with Crippen molar-refractivity contribution in [2.24, 2.45) is 5.92 Å². The van der Waals surface area contributed by atoms with Crippen molar-refractivity contribution in [2.45, 2.75) is 12.2 Å². The maximum absolute atomic E-state index is 12.9. The Labute approximate surface area is 130 Å². The highest BCUT2D eigenvalue weighted by atomic mass is 19.4. The molecule has 1 fully saturated rings. The highest BCUT2D eigenvalue weighted by Crippen LogP contribution is 2.25. The van der Waals surface area contributed by atoms with Crippen LogP contribution in [0.5, 0.6) is 0 Å². The van der Waals surface area contributed by atoms with Gasteiger partial charge in [-0.1, -0.05) is 12.1 Å². The summed E-state index contributed by atoms with van der Waals surface area (Å²) in [5.41, 5.74) is 6.53. The molecule has 2 atom stereocenters. The first kappa shape index (κ1) is 17.6. The molecule has 0 radical (unpaired) electrons. The van der Waals surface area contributed by atoms with Crippen LogP contribution in [0.3, 0.4) is 0 Å². The second-order valence-electron chi connectivity index (χ2n) is 5.12. The zero-order chi connectivity index (χ0) is 16.9. The lowest BCUT2D eigenvalue weighted by Gasteiger charge is -2.18. The Balaban J connectivity index is 1.80. The molecule has 0 aromatic heterocycles. The summed E-state index contributed by atoms with van der Waals surface area (Å²) in [5.74, 6) is -1.14. The first-order valence-corrected chi connectivity index (χ1v) is 7.03. The van der Waals surface area contributed by atoms with Gasteiger partial charge in [-0.3, -0.25) is 10.2 Å². The van der Waals surface area contributed by atoms with Gasteiger partial charge in [0.15, 0.2) is 0 Å². The molecule has 1 aromatic rings. The van der Waals surface area contributed by atoms with Gasteiger partial charge in [-0.25, -0.2) is 9.82 Å². The predicted molar refractivity (Wildman–Crippen MR) is 73.7 cm³/mol. The monoisotopic (exact) mass is 335 g/mol. The lowest BCUT2D eigenvalue weighted by molar-refractivity contribution is -0.173. The van der Waals surface area contributed by atoms with E-state index in [2.05, 4.69) is 20.9 Å². The number of rotatable bonds is 6. The molecule has 5 nitrogen and oxygen atoms in total. The van der Waals surface area contributed by atoms with Crippen LogP contribution in [0.1, 0.15) is 11.6 Å². The summed E-state index contributed by atoms with van der Waals surface area (Å²) in [7, 11) is 0. The van der Waals surface area contributed by atoms with Gasteiger partial charge in [-0.2, -0.15) is 13.2 Å². The largest absolute Gasteiger partial charge is 0.411 e. The Hall–Kier alpha value is -1.71. The summed E-state index contributed by atoms with van der Waals surface area (Å²) in [5, 5.41) is 2.54.